The van der Waals surface area contributed by atoms with Crippen LogP contribution in [-0.4, -0.2) is 11.0 Å². The van der Waals surface area contributed by atoms with Crippen molar-refractivity contribution in [2.24, 2.45) is 5.92 Å². The molecule has 2 N–H and O–H groups in total. The molecule has 0 aliphatic heterocycles. The van der Waals surface area contributed by atoms with Crippen molar-refractivity contribution in [2.75, 3.05) is 0 Å². The Balaban J connectivity index is 1.73. The topological polar surface area (TPSA) is 49.3 Å². The van der Waals surface area contributed by atoms with E-state index in [-0.39, 0.29) is 18.1 Å². The minimum Gasteiger partial charge on any atom is -0.392 e. The van der Waals surface area contributed by atoms with E-state index in [4.69, 9.17) is 5.11 Å². The van der Waals surface area contributed by atoms with Crippen LogP contribution in [0.2, 0.25) is 0 Å². The molecule has 21 heavy (non-hydrogen) atoms. The lowest BCUT2D eigenvalue weighted by Crippen LogP contribution is -2.23. The molecule has 1 amide bonds. The zero-order chi connectivity index (χ0) is 15.1. The van der Waals surface area contributed by atoms with Gasteiger partial charge in [-0.1, -0.05) is 38.2 Å². The lowest BCUT2D eigenvalue weighted by Gasteiger charge is -2.21. The zero-order valence-corrected chi connectivity index (χ0v) is 12.4. The third-order valence-corrected chi connectivity index (χ3v) is 4.27. The van der Waals surface area contributed by atoms with Crippen LogP contribution in [0.4, 0.5) is 4.39 Å². The molecule has 4 heteroatoms. The summed E-state index contributed by atoms with van der Waals surface area (Å²) in [5.41, 5.74) is 1.08. The fourth-order valence-corrected chi connectivity index (χ4v) is 2.96. The molecule has 0 bridgehead atoms. The maximum Gasteiger partial charge on any atom is 0.220 e. The van der Waals surface area contributed by atoms with Crippen LogP contribution in [0.3, 0.4) is 0 Å². The molecule has 0 radical (unpaired) electrons. The number of carbonyl (C=O) groups is 1. The van der Waals surface area contributed by atoms with Crippen LogP contribution in [0.5, 0.6) is 0 Å². The van der Waals surface area contributed by atoms with Crippen LogP contribution in [-0.2, 0) is 17.9 Å². The lowest BCUT2D eigenvalue weighted by molar-refractivity contribution is -0.121. The number of rotatable bonds is 6. The molecule has 0 unspecified atom stereocenters. The number of amides is 1. The standard InChI is InChI=1S/C17H24FNO2/c18-16-8-6-14(10-15(16)12-20)11-19-17(21)9-7-13-4-2-1-3-5-13/h6,8,10,13,20H,1-5,7,9,11-12H2,(H,19,21). The van der Waals surface area contributed by atoms with Crippen molar-refractivity contribution in [2.45, 2.75) is 58.1 Å². The molecular formula is C17H24FNO2. The smallest absolute Gasteiger partial charge is 0.220 e. The highest BCUT2D eigenvalue weighted by Gasteiger charge is 2.14. The summed E-state index contributed by atoms with van der Waals surface area (Å²) in [7, 11) is 0. The highest BCUT2D eigenvalue weighted by Crippen LogP contribution is 2.27. The number of hydrogen-bond donors (Lipinski definition) is 2. The highest BCUT2D eigenvalue weighted by atomic mass is 19.1. The SMILES string of the molecule is O=C(CCC1CCCCC1)NCc1ccc(F)c(CO)c1. The molecular weight excluding hydrogens is 269 g/mol. The van der Waals surface area contributed by atoms with Gasteiger partial charge < -0.3 is 10.4 Å². The summed E-state index contributed by atoms with van der Waals surface area (Å²) in [6.07, 6.45) is 7.98. The number of halogens is 1. The van der Waals surface area contributed by atoms with Gasteiger partial charge in [0.1, 0.15) is 5.82 Å². The number of aliphatic hydroxyl groups excluding tert-OH is 1. The lowest BCUT2D eigenvalue weighted by atomic mass is 9.86. The minimum absolute atomic E-state index is 0.0513. The van der Waals surface area contributed by atoms with E-state index < -0.39 is 5.82 Å². The Morgan fingerprint density at radius 3 is 2.76 bits per heavy atom. The third-order valence-electron chi connectivity index (χ3n) is 4.27. The van der Waals surface area contributed by atoms with E-state index in [1.165, 1.54) is 38.2 Å². The van der Waals surface area contributed by atoms with Crippen LogP contribution < -0.4 is 5.32 Å². The molecule has 0 atom stereocenters. The van der Waals surface area contributed by atoms with Gasteiger partial charge in [-0.05, 0) is 30.0 Å². The van der Waals surface area contributed by atoms with Crippen LogP contribution in [0.1, 0.15) is 56.1 Å². The number of nitrogens with one attached hydrogen (secondary N) is 1. The predicted molar refractivity (Wildman–Crippen MR) is 80.0 cm³/mol. The number of hydrogen-bond acceptors (Lipinski definition) is 2. The fraction of sp³-hybridized carbons (Fsp3) is 0.588. The Morgan fingerprint density at radius 1 is 1.29 bits per heavy atom. The van der Waals surface area contributed by atoms with E-state index in [2.05, 4.69) is 5.32 Å². The maximum atomic E-state index is 13.2. The molecule has 1 saturated carbocycles. The van der Waals surface area contributed by atoms with Crippen LogP contribution in [0.15, 0.2) is 18.2 Å². The summed E-state index contributed by atoms with van der Waals surface area (Å²) in [5.74, 6) is 0.344. The van der Waals surface area contributed by atoms with Gasteiger partial charge in [0.05, 0.1) is 6.61 Å². The van der Waals surface area contributed by atoms with E-state index in [1.807, 2.05) is 0 Å². The molecule has 1 fully saturated rings. The van der Waals surface area contributed by atoms with Gasteiger partial charge in [-0.2, -0.15) is 0 Å². The zero-order valence-electron chi connectivity index (χ0n) is 12.4. The van der Waals surface area contributed by atoms with Crippen LogP contribution >= 0.6 is 0 Å². The number of aliphatic hydroxyl groups is 1. The molecule has 0 aromatic heterocycles. The van der Waals surface area contributed by atoms with Gasteiger partial charge in [0, 0.05) is 18.5 Å². The second kappa shape index (κ2) is 8.13. The second-order valence-electron chi connectivity index (χ2n) is 5.90. The van der Waals surface area contributed by atoms with E-state index in [0.717, 1.165) is 12.0 Å². The summed E-state index contributed by atoms with van der Waals surface area (Å²) in [6.45, 7) is 0.0616. The molecule has 2 rings (SSSR count). The summed E-state index contributed by atoms with van der Waals surface area (Å²) in [5, 5.41) is 11.9. The van der Waals surface area contributed by atoms with E-state index >= 15 is 0 Å². The van der Waals surface area contributed by atoms with Crippen molar-refractivity contribution < 1.29 is 14.3 Å². The van der Waals surface area contributed by atoms with Crippen molar-refractivity contribution in [3.8, 4) is 0 Å². The van der Waals surface area contributed by atoms with E-state index in [0.29, 0.717) is 18.9 Å². The minimum atomic E-state index is -0.412. The molecule has 3 nitrogen and oxygen atoms in total. The first-order chi connectivity index (χ1) is 10.2. The average molecular weight is 293 g/mol. The number of carbonyl (C=O) groups excluding carboxylic acids is 1. The molecule has 0 saturated heterocycles. The Hall–Kier alpha value is -1.42. The van der Waals surface area contributed by atoms with Gasteiger partial charge in [-0.15, -0.1) is 0 Å². The highest BCUT2D eigenvalue weighted by molar-refractivity contribution is 5.75. The Kier molecular flexibility index (Phi) is 6.18. The number of benzene rings is 1. The molecule has 0 heterocycles. The summed E-state index contributed by atoms with van der Waals surface area (Å²) in [4.78, 5) is 11.8. The fourth-order valence-electron chi connectivity index (χ4n) is 2.96. The average Bonchev–Trinajstić information content (AvgIpc) is 2.53. The van der Waals surface area contributed by atoms with Gasteiger partial charge in [0.25, 0.3) is 0 Å². The summed E-state index contributed by atoms with van der Waals surface area (Å²) < 4.78 is 13.2. The quantitative estimate of drug-likeness (QED) is 0.845. The van der Waals surface area contributed by atoms with Gasteiger partial charge >= 0.3 is 0 Å². The Bertz CT molecular complexity index is 470. The van der Waals surface area contributed by atoms with Gasteiger partial charge in [0.15, 0.2) is 0 Å². The van der Waals surface area contributed by atoms with Crippen LogP contribution in [0.25, 0.3) is 0 Å². The van der Waals surface area contributed by atoms with Crippen LogP contribution in [0, 0.1) is 11.7 Å². The van der Waals surface area contributed by atoms with Gasteiger partial charge in [-0.3, -0.25) is 4.79 Å². The third kappa shape index (κ3) is 5.12. The van der Waals surface area contributed by atoms with Crippen molar-refractivity contribution in [1.29, 1.82) is 0 Å². The van der Waals surface area contributed by atoms with Gasteiger partial charge in [0.2, 0.25) is 5.91 Å². The first-order valence-electron chi connectivity index (χ1n) is 7.84. The Morgan fingerprint density at radius 2 is 2.05 bits per heavy atom. The molecule has 1 aromatic rings. The van der Waals surface area contributed by atoms with Crippen molar-refractivity contribution in [3.05, 3.63) is 35.1 Å². The Labute approximate surface area is 125 Å². The molecule has 1 aliphatic rings. The normalized spacial score (nSPS) is 15.9. The van der Waals surface area contributed by atoms with E-state index in [1.54, 1.807) is 12.1 Å². The second-order valence-corrected chi connectivity index (χ2v) is 5.90. The summed E-state index contributed by atoms with van der Waals surface area (Å²) in [6, 6.07) is 4.56. The van der Waals surface area contributed by atoms with Crippen molar-refractivity contribution >= 4 is 5.91 Å². The summed E-state index contributed by atoms with van der Waals surface area (Å²) >= 11 is 0. The van der Waals surface area contributed by atoms with E-state index in [9.17, 15) is 9.18 Å². The predicted octanol–water partition coefficient (Wildman–Crippen LogP) is 3.29. The van der Waals surface area contributed by atoms with Crippen molar-refractivity contribution in [1.82, 2.24) is 5.32 Å². The van der Waals surface area contributed by atoms with Crippen molar-refractivity contribution in [3.63, 3.8) is 0 Å². The molecule has 1 aliphatic carbocycles. The molecule has 0 spiro atoms. The molecule has 116 valence electrons. The van der Waals surface area contributed by atoms with Gasteiger partial charge in [-0.25, -0.2) is 4.39 Å². The molecule has 1 aromatic carbocycles. The largest absolute Gasteiger partial charge is 0.392 e. The maximum absolute atomic E-state index is 13.2. The first kappa shape index (κ1) is 16.0. The first-order valence-corrected chi connectivity index (χ1v) is 7.84. The monoisotopic (exact) mass is 293 g/mol.